The van der Waals surface area contributed by atoms with Crippen LogP contribution in [0, 0.1) is 0 Å². The van der Waals surface area contributed by atoms with Gasteiger partial charge in [0.05, 0.1) is 18.9 Å². The van der Waals surface area contributed by atoms with Gasteiger partial charge >= 0.3 is 0 Å². The average molecular weight is 387 g/mol. The van der Waals surface area contributed by atoms with Gasteiger partial charge in [-0.25, -0.2) is 9.73 Å². The molecule has 0 spiro atoms. The first-order valence-electron chi connectivity index (χ1n) is 9.08. The summed E-state index contributed by atoms with van der Waals surface area (Å²) in [5, 5.41) is 4.16. The molecule has 1 aromatic heterocycles. The number of morpholine rings is 1. The number of carbonyl (C=O) groups is 1. The molecule has 1 aromatic carbocycles. The molecule has 7 heteroatoms. The van der Waals surface area contributed by atoms with Crippen molar-refractivity contribution in [2.24, 2.45) is 5.10 Å². The summed E-state index contributed by atoms with van der Waals surface area (Å²) in [6.45, 7) is 9.10. The summed E-state index contributed by atoms with van der Waals surface area (Å²) >= 11 is 1.65. The van der Waals surface area contributed by atoms with Crippen LogP contribution < -0.4 is 5.43 Å². The monoisotopic (exact) mass is 386 g/mol. The van der Waals surface area contributed by atoms with E-state index in [1.54, 1.807) is 30.4 Å². The summed E-state index contributed by atoms with van der Waals surface area (Å²) in [7, 11) is 0. The van der Waals surface area contributed by atoms with Crippen LogP contribution in [0.2, 0.25) is 0 Å². The number of carbonyl (C=O) groups excluding carboxylic acids is 1. The van der Waals surface area contributed by atoms with Crippen LogP contribution in [-0.4, -0.2) is 47.2 Å². The Balaban J connectivity index is 0.00000126. The number of nitrogens with zero attached hydrogens (tertiary/aromatic N) is 3. The summed E-state index contributed by atoms with van der Waals surface area (Å²) in [4.78, 5) is 17.4. The van der Waals surface area contributed by atoms with E-state index in [-0.39, 0.29) is 5.91 Å². The summed E-state index contributed by atoms with van der Waals surface area (Å²) in [5.74, 6) is -0.229. The van der Waals surface area contributed by atoms with Crippen molar-refractivity contribution in [2.45, 2.75) is 25.7 Å². The largest absolute Gasteiger partial charge is 0.379 e. The average Bonchev–Trinajstić information content (AvgIpc) is 2.75. The topological polar surface area (TPSA) is 66.8 Å². The summed E-state index contributed by atoms with van der Waals surface area (Å²) in [5.41, 5.74) is 4.77. The molecular weight excluding hydrogens is 360 g/mol. The Hall–Kier alpha value is -2.22. The van der Waals surface area contributed by atoms with Gasteiger partial charge in [-0.1, -0.05) is 26.0 Å². The number of ether oxygens (including phenoxy) is 1. The van der Waals surface area contributed by atoms with Gasteiger partial charge in [0.15, 0.2) is 0 Å². The fourth-order valence-corrected chi connectivity index (χ4v) is 3.27. The first-order chi connectivity index (χ1) is 13.2. The van der Waals surface area contributed by atoms with Crippen molar-refractivity contribution >= 4 is 23.6 Å². The highest BCUT2D eigenvalue weighted by Crippen LogP contribution is 2.24. The lowest BCUT2D eigenvalue weighted by molar-refractivity contribution is 0.0773. The van der Waals surface area contributed by atoms with Crippen molar-refractivity contribution < 1.29 is 9.53 Å². The highest BCUT2D eigenvalue weighted by Gasteiger charge is 2.13. The van der Waals surface area contributed by atoms with Gasteiger partial charge < -0.3 is 4.74 Å². The lowest BCUT2D eigenvalue weighted by Gasteiger charge is -2.25. The van der Waals surface area contributed by atoms with Crippen LogP contribution in [-0.2, 0) is 4.74 Å². The lowest BCUT2D eigenvalue weighted by Crippen LogP contribution is -2.30. The molecule has 0 radical (unpaired) electrons. The normalized spacial score (nSPS) is 14.9. The van der Waals surface area contributed by atoms with Crippen molar-refractivity contribution in [3.63, 3.8) is 0 Å². The highest BCUT2D eigenvalue weighted by molar-refractivity contribution is 7.97. The Labute approximate surface area is 165 Å². The number of pyridine rings is 1. The maximum Gasteiger partial charge on any atom is 0.271 e. The molecule has 0 saturated carbocycles. The van der Waals surface area contributed by atoms with E-state index in [1.165, 1.54) is 0 Å². The minimum absolute atomic E-state index is 0.229. The van der Waals surface area contributed by atoms with Gasteiger partial charge in [-0.05, 0) is 43.1 Å². The zero-order chi connectivity index (χ0) is 19.5. The number of benzene rings is 1. The Morgan fingerprint density at radius 3 is 2.63 bits per heavy atom. The van der Waals surface area contributed by atoms with Crippen LogP contribution in [0.5, 0.6) is 0 Å². The maximum atomic E-state index is 12.3. The molecule has 144 valence electrons. The Morgan fingerprint density at radius 2 is 1.93 bits per heavy atom. The Morgan fingerprint density at radius 1 is 1.19 bits per heavy atom. The zero-order valence-electron chi connectivity index (χ0n) is 16.0. The molecule has 3 rings (SSSR count). The van der Waals surface area contributed by atoms with E-state index in [1.807, 2.05) is 51.1 Å². The minimum Gasteiger partial charge on any atom is -0.379 e. The molecular formula is C20H26N4O2S. The molecule has 0 aliphatic carbocycles. The van der Waals surface area contributed by atoms with E-state index in [9.17, 15) is 4.79 Å². The van der Waals surface area contributed by atoms with E-state index >= 15 is 0 Å². The summed E-state index contributed by atoms with van der Waals surface area (Å²) in [6, 6.07) is 11.3. The molecule has 1 saturated heterocycles. The van der Waals surface area contributed by atoms with Crippen LogP contribution in [0.15, 0.2) is 58.8 Å². The third kappa shape index (κ3) is 6.78. The molecule has 6 nitrogen and oxygen atoms in total. The molecule has 0 unspecified atom stereocenters. The van der Waals surface area contributed by atoms with Gasteiger partial charge in [-0.3, -0.25) is 9.78 Å². The summed E-state index contributed by atoms with van der Waals surface area (Å²) < 4.78 is 7.59. The lowest BCUT2D eigenvalue weighted by atomic mass is 10.2. The number of rotatable bonds is 5. The van der Waals surface area contributed by atoms with Crippen molar-refractivity contribution in [2.75, 3.05) is 26.3 Å². The SMILES string of the molecule is C/C(=N\NC(=O)c1cccc(SN2CCOCC2)c1)c1cccnc1.CC. The summed E-state index contributed by atoms with van der Waals surface area (Å²) in [6.07, 6.45) is 3.41. The van der Waals surface area contributed by atoms with Gasteiger partial charge in [-0.15, -0.1) is 0 Å². The third-order valence-electron chi connectivity index (χ3n) is 3.71. The number of hydrogen-bond acceptors (Lipinski definition) is 6. The predicted molar refractivity (Wildman–Crippen MR) is 110 cm³/mol. The number of aromatic nitrogens is 1. The second kappa shape index (κ2) is 11.5. The maximum absolute atomic E-state index is 12.3. The fraction of sp³-hybridized carbons (Fsp3) is 0.350. The highest BCUT2D eigenvalue weighted by atomic mass is 32.2. The van der Waals surface area contributed by atoms with E-state index in [0.717, 1.165) is 36.8 Å². The van der Waals surface area contributed by atoms with Crippen molar-refractivity contribution in [3.05, 3.63) is 59.9 Å². The molecule has 1 aliphatic rings. The first kappa shape index (κ1) is 21.1. The Bertz CT molecular complexity index is 747. The van der Waals surface area contributed by atoms with Gasteiger partial charge in [0, 0.05) is 41.5 Å². The van der Waals surface area contributed by atoms with Crippen molar-refractivity contribution in [1.82, 2.24) is 14.7 Å². The van der Waals surface area contributed by atoms with Gasteiger partial charge in [0.25, 0.3) is 5.91 Å². The standard InChI is InChI=1S/C18H20N4O2S.C2H6/c1-14(16-5-3-7-19-13-16)20-21-18(23)15-4-2-6-17(12-15)25-22-8-10-24-11-9-22;1-2/h2-7,12-13H,8-11H2,1H3,(H,21,23);1-2H3/b20-14+;. The zero-order valence-corrected chi connectivity index (χ0v) is 16.8. The van der Waals surface area contributed by atoms with Gasteiger partial charge in [0.1, 0.15) is 0 Å². The molecule has 1 fully saturated rings. The second-order valence-corrected chi connectivity index (χ2v) is 6.71. The van der Waals surface area contributed by atoms with E-state index in [2.05, 4.69) is 19.8 Å². The van der Waals surface area contributed by atoms with Crippen LogP contribution >= 0.6 is 11.9 Å². The smallest absolute Gasteiger partial charge is 0.271 e. The second-order valence-electron chi connectivity index (χ2n) is 5.54. The predicted octanol–water partition coefficient (Wildman–Crippen LogP) is 3.60. The number of amides is 1. The van der Waals surface area contributed by atoms with E-state index in [0.29, 0.717) is 11.3 Å². The number of nitrogens with one attached hydrogen (secondary N) is 1. The van der Waals surface area contributed by atoms with E-state index < -0.39 is 0 Å². The molecule has 27 heavy (non-hydrogen) atoms. The van der Waals surface area contributed by atoms with Gasteiger partial charge in [-0.2, -0.15) is 5.10 Å². The van der Waals surface area contributed by atoms with Crippen molar-refractivity contribution in [1.29, 1.82) is 0 Å². The number of hydrazone groups is 1. The molecule has 2 heterocycles. The van der Waals surface area contributed by atoms with Crippen molar-refractivity contribution in [3.8, 4) is 0 Å². The van der Waals surface area contributed by atoms with E-state index in [4.69, 9.17) is 4.74 Å². The van der Waals surface area contributed by atoms with Crippen LogP contribution in [0.1, 0.15) is 36.7 Å². The quantitative estimate of drug-likeness (QED) is 0.483. The number of hydrogen-bond donors (Lipinski definition) is 1. The molecule has 0 atom stereocenters. The molecule has 1 N–H and O–H groups in total. The molecule has 0 bridgehead atoms. The van der Waals surface area contributed by atoms with Crippen LogP contribution in [0.4, 0.5) is 0 Å². The van der Waals surface area contributed by atoms with Gasteiger partial charge in [0.2, 0.25) is 0 Å². The first-order valence-corrected chi connectivity index (χ1v) is 9.85. The minimum atomic E-state index is -0.229. The van der Waals surface area contributed by atoms with Crippen LogP contribution in [0.25, 0.3) is 0 Å². The molecule has 1 amide bonds. The van der Waals surface area contributed by atoms with Crippen LogP contribution in [0.3, 0.4) is 0 Å². The molecule has 2 aromatic rings. The third-order valence-corrected chi connectivity index (χ3v) is 4.79. The fourth-order valence-electron chi connectivity index (χ4n) is 2.32. The molecule has 1 aliphatic heterocycles. The Kier molecular flexibility index (Phi) is 8.97.